The fourth-order valence-corrected chi connectivity index (χ4v) is 5.58. The molecule has 0 aromatic carbocycles. The number of nitrogens with one attached hydrogen (secondary N) is 4. The summed E-state index contributed by atoms with van der Waals surface area (Å²) in [6, 6.07) is -6.61. The summed E-state index contributed by atoms with van der Waals surface area (Å²) in [5, 5.41) is 19.6. The van der Waals surface area contributed by atoms with Crippen molar-refractivity contribution in [2.45, 2.75) is 108 Å². The van der Waals surface area contributed by atoms with Crippen molar-refractivity contribution in [3.05, 3.63) is 0 Å². The van der Waals surface area contributed by atoms with Crippen LogP contribution in [-0.2, 0) is 40.3 Å². The molecule has 0 aromatic rings. The minimum Gasteiger partial charge on any atom is -0.480 e. The lowest BCUT2D eigenvalue weighted by Crippen LogP contribution is -2.61. The summed E-state index contributed by atoms with van der Waals surface area (Å²) in [7, 11) is 0. The van der Waals surface area contributed by atoms with Crippen LogP contribution in [0.15, 0.2) is 9.98 Å². The van der Waals surface area contributed by atoms with Crippen LogP contribution in [-0.4, -0.2) is 112 Å². The van der Waals surface area contributed by atoms with E-state index in [2.05, 4.69) is 43.1 Å². The predicted molar refractivity (Wildman–Crippen MR) is 195 cm³/mol. The molecule has 6 atom stereocenters. The minimum absolute atomic E-state index is 0.0104. The number of nitrogens with two attached hydrogens (primary N) is 6. The van der Waals surface area contributed by atoms with Crippen molar-refractivity contribution in [1.82, 2.24) is 21.3 Å². The lowest BCUT2D eigenvalue weighted by Gasteiger charge is -2.30. The summed E-state index contributed by atoms with van der Waals surface area (Å²) >= 11 is 4.57. The highest BCUT2D eigenvalue weighted by Gasteiger charge is 2.36. The van der Waals surface area contributed by atoms with Gasteiger partial charge in [0.2, 0.25) is 23.6 Å². The average molecular weight is 769 g/mol. The maximum absolute atomic E-state index is 13.7. The number of rotatable bonds is 26. The molecule has 0 saturated heterocycles. The Morgan fingerprint density at radius 1 is 0.725 bits per heavy atom. The predicted octanol–water partition coefficient (Wildman–Crippen LogP) is -3.77. The van der Waals surface area contributed by atoms with Crippen LogP contribution < -0.4 is 55.7 Å². The average Bonchev–Trinajstić information content (AvgIpc) is 3.00. The third kappa shape index (κ3) is 22.0. The highest BCUT2D eigenvalue weighted by molar-refractivity contribution is 8.06. The van der Waals surface area contributed by atoms with Gasteiger partial charge in [-0.2, -0.15) is 0 Å². The van der Waals surface area contributed by atoms with Crippen molar-refractivity contribution in [3.63, 3.8) is 0 Å². The molecular weight excluding hydrogens is 711 g/mol. The van der Waals surface area contributed by atoms with E-state index < -0.39 is 72.6 Å². The Bertz CT molecular complexity index is 1250. The Hall–Kier alpha value is -3.66. The lowest BCUT2D eigenvalue weighted by molar-refractivity contribution is -0.142. The van der Waals surface area contributed by atoms with E-state index >= 15 is 0 Å². The Morgan fingerprint density at radius 2 is 1.22 bits per heavy atom. The van der Waals surface area contributed by atoms with Gasteiger partial charge in [-0.25, -0.2) is 4.79 Å². The fraction of sp³-hybridized carbons (Fsp3) is 0.750. The van der Waals surface area contributed by atoms with Crippen LogP contribution in [0.2, 0.25) is 0 Å². The van der Waals surface area contributed by atoms with Gasteiger partial charge in [0, 0.05) is 13.1 Å². The number of hydrogen-bond acceptors (Lipinski definition) is 11. The van der Waals surface area contributed by atoms with E-state index in [1.54, 1.807) is 13.8 Å². The Balaban J connectivity index is 6.30. The molecule has 0 aliphatic carbocycles. The summed E-state index contributed by atoms with van der Waals surface area (Å²) in [6.45, 7) is 0.974. The second kappa shape index (κ2) is 24.5. The van der Waals surface area contributed by atoms with E-state index in [0.717, 1.165) is 0 Å². The van der Waals surface area contributed by atoms with Crippen LogP contribution in [0.3, 0.4) is 0 Å². The van der Waals surface area contributed by atoms with Crippen molar-refractivity contribution in [3.8, 4) is 0 Å². The smallest absolute Gasteiger partial charge is 0.326 e. The first-order valence-corrected chi connectivity index (χ1v) is 19.1. The molecule has 0 heterocycles. The highest BCUT2D eigenvalue weighted by Crippen LogP contribution is 2.38. The van der Waals surface area contributed by atoms with E-state index in [-0.39, 0.29) is 69.5 Å². The molecule has 0 aliphatic heterocycles. The van der Waals surface area contributed by atoms with E-state index in [0.29, 0.717) is 19.4 Å². The zero-order valence-electron chi connectivity index (χ0n) is 29.3. The summed E-state index contributed by atoms with van der Waals surface area (Å²) in [6.07, 6.45) is 0.434. The number of hydrogen-bond donors (Lipinski definition) is 13. The minimum atomic E-state index is -4.39. The molecule has 0 unspecified atom stereocenters. The van der Waals surface area contributed by atoms with Crippen LogP contribution in [0, 0.1) is 5.92 Å². The number of aliphatic carboxylic acids is 1. The molecule has 294 valence electrons. The first-order chi connectivity index (χ1) is 23.7. The van der Waals surface area contributed by atoms with E-state index in [1.807, 2.05) is 0 Å². The van der Waals surface area contributed by atoms with Gasteiger partial charge in [0.05, 0.1) is 12.1 Å². The number of nitrogens with zero attached hydrogens (tertiary/aromatic N) is 2. The van der Waals surface area contributed by atoms with Crippen LogP contribution in [0.1, 0.15) is 72.1 Å². The zero-order chi connectivity index (χ0) is 39.3. The topological polar surface area (TPSA) is 384 Å². The van der Waals surface area contributed by atoms with E-state index in [1.165, 1.54) is 6.92 Å². The van der Waals surface area contributed by atoms with Gasteiger partial charge in [-0.3, -0.25) is 29.2 Å². The number of carboxylic acid groups (broad SMARTS) is 1. The van der Waals surface area contributed by atoms with Crippen molar-refractivity contribution in [1.29, 1.82) is 0 Å². The SMILES string of the molecule is CC(C)C[C@H](NC(=O)[C@@H](NC(=O)[C@H](CCCN=C(N)N)NC(=O)[C@@H](N)CCCCN)[C@@H](C)OP(O)(O)=S)C(=O)N[C@@H](CCCN=C(N)N)C(=O)O. The third-order valence-electron chi connectivity index (χ3n) is 7.14. The van der Waals surface area contributed by atoms with Crippen LogP contribution in [0.4, 0.5) is 0 Å². The number of guanidine groups is 2. The molecule has 0 saturated carbocycles. The lowest BCUT2D eigenvalue weighted by atomic mass is 10.0. The Kier molecular flexibility index (Phi) is 22.8. The van der Waals surface area contributed by atoms with Gasteiger partial charge in [0.15, 0.2) is 11.9 Å². The molecule has 0 radical (unpaired) electrons. The second-order valence-corrected chi connectivity index (χ2v) is 14.8. The van der Waals surface area contributed by atoms with Crippen LogP contribution in [0.5, 0.6) is 0 Å². The van der Waals surface area contributed by atoms with Crippen molar-refractivity contribution >= 4 is 60.0 Å². The molecule has 0 fully saturated rings. The van der Waals surface area contributed by atoms with Gasteiger partial charge < -0.3 is 75.1 Å². The molecule has 4 amide bonds. The first kappa shape index (κ1) is 47.3. The van der Waals surface area contributed by atoms with Gasteiger partial charge in [0.1, 0.15) is 24.2 Å². The van der Waals surface area contributed by atoms with Crippen molar-refractivity contribution in [2.75, 3.05) is 19.6 Å². The number of aliphatic imine (C=N–C) groups is 2. The summed E-state index contributed by atoms with van der Waals surface area (Å²) < 4.78 is 5.08. The van der Waals surface area contributed by atoms with Crippen molar-refractivity contribution in [2.24, 2.45) is 50.3 Å². The Labute approximate surface area is 302 Å². The van der Waals surface area contributed by atoms with E-state index in [4.69, 9.17) is 38.9 Å². The molecule has 19 N–H and O–H groups in total. The number of amides is 4. The maximum Gasteiger partial charge on any atom is 0.326 e. The zero-order valence-corrected chi connectivity index (χ0v) is 31.0. The molecule has 0 bridgehead atoms. The number of carbonyl (C=O) groups excluding carboxylic acids is 4. The fourth-order valence-electron chi connectivity index (χ4n) is 4.62. The molecular formula is C28H57N12O9PS. The van der Waals surface area contributed by atoms with Gasteiger partial charge in [-0.05, 0) is 76.1 Å². The normalized spacial score (nSPS) is 14.9. The first-order valence-electron chi connectivity index (χ1n) is 16.4. The standard InChI is InChI=1S/C28H57N12O9PS/c1-15(2)14-20(24(43)38-19(26(45)46)10-7-13-36-28(33)34)39-25(44)21(16(3)49-50(47,48)51)40-23(42)18(9-6-12-35-27(31)32)37-22(41)17(30)8-4-5-11-29/h15-21H,4-14,29-30H2,1-3H3,(H,37,41)(H,38,43)(H,39,44)(H,40,42)(H,45,46)(H4,31,32,35)(H4,33,34,36)(H2,47,48,51)/t16-,17+,18+,19+,20+,21+/m1/s1. The molecule has 0 spiro atoms. The number of carbonyl (C=O) groups is 5. The summed E-state index contributed by atoms with van der Waals surface area (Å²) in [5.74, 6) is -5.28. The molecule has 0 rings (SSSR count). The van der Waals surface area contributed by atoms with Gasteiger partial charge in [0.25, 0.3) is 0 Å². The quantitative estimate of drug-likeness (QED) is 0.0174. The Morgan fingerprint density at radius 3 is 1.69 bits per heavy atom. The summed E-state index contributed by atoms with van der Waals surface area (Å²) in [5.41, 5.74) is 32.9. The molecule has 21 nitrogen and oxygen atoms in total. The molecule has 23 heteroatoms. The van der Waals surface area contributed by atoms with Gasteiger partial charge in [-0.1, -0.05) is 20.3 Å². The maximum atomic E-state index is 13.7. The third-order valence-corrected chi connectivity index (χ3v) is 8.00. The van der Waals surface area contributed by atoms with E-state index in [9.17, 15) is 38.9 Å². The second-order valence-electron chi connectivity index (χ2n) is 12.2. The molecule has 51 heavy (non-hydrogen) atoms. The molecule has 0 aromatic heterocycles. The van der Waals surface area contributed by atoms with Crippen LogP contribution >= 0.6 is 6.72 Å². The van der Waals surface area contributed by atoms with Gasteiger partial charge in [-0.15, -0.1) is 0 Å². The van der Waals surface area contributed by atoms with Gasteiger partial charge >= 0.3 is 12.7 Å². The largest absolute Gasteiger partial charge is 0.480 e. The van der Waals surface area contributed by atoms with Crippen molar-refractivity contribution < 1.29 is 43.4 Å². The number of carboxylic acids is 1. The number of unbranched alkanes of at least 4 members (excludes halogenated alkanes) is 1. The molecule has 0 aliphatic rings. The highest BCUT2D eigenvalue weighted by atomic mass is 32.5. The monoisotopic (exact) mass is 768 g/mol. The van der Waals surface area contributed by atoms with Crippen LogP contribution in [0.25, 0.3) is 0 Å². The summed E-state index contributed by atoms with van der Waals surface area (Å²) in [4.78, 5) is 92.8.